The van der Waals surface area contributed by atoms with Crippen LogP contribution >= 0.6 is 27.7 Å². The van der Waals surface area contributed by atoms with Gasteiger partial charge in [0.15, 0.2) is 5.65 Å². The number of fused-ring (bicyclic) bond motifs is 3. The fourth-order valence-electron chi connectivity index (χ4n) is 3.79. The normalized spacial score (nSPS) is 20.3. The Hall–Kier alpha value is -1.67. The number of halogens is 1. The van der Waals surface area contributed by atoms with Crippen molar-refractivity contribution in [2.24, 2.45) is 13.0 Å². The first-order chi connectivity index (χ1) is 13.0. The van der Waals surface area contributed by atoms with Crippen LogP contribution in [0.5, 0.6) is 0 Å². The number of carbonyl (C=O) groups is 1. The van der Waals surface area contributed by atoms with Crippen molar-refractivity contribution in [3.8, 4) is 0 Å². The molecule has 0 bridgehead atoms. The molecule has 3 aromatic rings. The summed E-state index contributed by atoms with van der Waals surface area (Å²) in [5, 5.41) is 13.3. The summed E-state index contributed by atoms with van der Waals surface area (Å²) in [6.07, 6.45) is 4.73. The van der Waals surface area contributed by atoms with Gasteiger partial charge in [0.25, 0.3) is 0 Å². The standard InChI is InChI=1S/C19H22BrN5OS/c1-11-5-3-4-6-14(11)21-16(26)10-27-19-22-18-17(23-24-19)13-9-12(20)7-8-15(13)25(18)2/h7-9,11,14H,3-6,10H2,1-2H3,(H,21,26)/t11-,14+/m1/s1. The summed E-state index contributed by atoms with van der Waals surface area (Å²) in [6, 6.07) is 6.36. The molecule has 1 aliphatic rings. The fourth-order valence-corrected chi connectivity index (χ4v) is 4.74. The third-order valence-corrected chi connectivity index (χ3v) is 6.66. The molecular weight excluding hydrogens is 426 g/mol. The van der Waals surface area contributed by atoms with E-state index in [1.807, 2.05) is 29.8 Å². The van der Waals surface area contributed by atoms with E-state index in [0.717, 1.165) is 33.0 Å². The molecular formula is C19H22BrN5OS. The highest BCUT2D eigenvalue weighted by Gasteiger charge is 2.23. The monoisotopic (exact) mass is 447 g/mol. The van der Waals surface area contributed by atoms with Crippen LogP contribution in [-0.2, 0) is 11.8 Å². The molecule has 8 heteroatoms. The predicted molar refractivity (Wildman–Crippen MR) is 112 cm³/mol. The van der Waals surface area contributed by atoms with Gasteiger partial charge in [-0.2, -0.15) is 0 Å². The Morgan fingerprint density at radius 3 is 2.96 bits per heavy atom. The smallest absolute Gasteiger partial charge is 0.230 e. The van der Waals surface area contributed by atoms with Gasteiger partial charge in [-0.05, 0) is 37.0 Å². The SMILES string of the molecule is C[C@@H]1CCCC[C@@H]1NC(=O)CSc1nnc2c3cc(Br)ccc3n(C)c2n1. The predicted octanol–water partition coefficient (Wildman–Crippen LogP) is 4.07. The van der Waals surface area contributed by atoms with Gasteiger partial charge < -0.3 is 9.88 Å². The molecule has 0 aliphatic heterocycles. The van der Waals surface area contributed by atoms with E-state index in [2.05, 4.69) is 43.4 Å². The summed E-state index contributed by atoms with van der Waals surface area (Å²) in [5.74, 6) is 0.909. The van der Waals surface area contributed by atoms with Crippen molar-refractivity contribution in [1.82, 2.24) is 25.1 Å². The number of aryl methyl sites for hydroxylation is 1. The lowest BCUT2D eigenvalue weighted by molar-refractivity contribution is -0.119. The summed E-state index contributed by atoms with van der Waals surface area (Å²) in [6.45, 7) is 2.22. The average Bonchev–Trinajstić information content (AvgIpc) is 2.93. The highest BCUT2D eigenvalue weighted by atomic mass is 79.9. The van der Waals surface area contributed by atoms with Crippen LogP contribution in [0.25, 0.3) is 22.1 Å². The molecule has 6 nitrogen and oxygen atoms in total. The zero-order chi connectivity index (χ0) is 19.0. The number of rotatable bonds is 4. The van der Waals surface area contributed by atoms with E-state index in [9.17, 15) is 4.79 Å². The van der Waals surface area contributed by atoms with Crippen molar-refractivity contribution >= 4 is 55.7 Å². The Bertz CT molecular complexity index is 1000. The summed E-state index contributed by atoms with van der Waals surface area (Å²) < 4.78 is 3.01. The molecule has 0 saturated heterocycles. The van der Waals surface area contributed by atoms with Crippen molar-refractivity contribution in [2.45, 2.75) is 43.8 Å². The topological polar surface area (TPSA) is 72.7 Å². The minimum absolute atomic E-state index is 0.0448. The van der Waals surface area contributed by atoms with Gasteiger partial charge in [0.05, 0.1) is 11.3 Å². The first-order valence-corrected chi connectivity index (χ1v) is 11.0. The van der Waals surface area contributed by atoms with E-state index < -0.39 is 0 Å². The van der Waals surface area contributed by atoms with E-state index in [1.54, 1.807) is 0 Å². The first kappa shape index (κ1) is 18.7. The summed E-state index contributed by atoms with van der Waals surface area (Å²) >= 11 is 4.84. The van der Waals surface area contributed by atoms with Crippen molar-refractivity contribution in [1.29, 1.82) is 0 Å². The van der Waals surface area contributed by atoms with Crippen LogP contribution < -0.4 is 5.32 Å². The Kier molecular flexibility index (Phi) is 5.36. The summed E-state index contributed by atoms with van der Waals surface area (Å²) in [4.78, 5) is 17.0. The van der Waals surface area contributed by atoms with Crippen molar-refractivity contribution in [2.75, 3.05) is 5.75 Å². The van der Waals surface area contributed by atoms with Crippen LogP contribution in [0.2, 0.25) is 0 Å². The number of thioether (sulfide) groups is 1. The van der Waals surface area contributed by atoms with Gasteiger partial charge in [-0.1, -0.05) is 47.5 Å². The highest BCUT2D eigenvalue weighted by molar-refractivity contribution is 9.10. The van der Waals surface area contributed by atoms with Crippen LogP contribution in [0.3, 0.4) is 0 Å². The molecule has 1 N–H and O–H groups in total. The van der Waals surface area contributed by atoms with Gasteiger partial charge in [-0.15, -0.1) is 10.2 Å². The molecule has 2 heterocycles. The van der Waals surface area contributed by atoms with Crippen molar-refractivity contribution in [3.05, 3.63) is 22.7 Å². The summed E-state index contributed by atoms with van der Waals surface area (Å²) in [7, 11) is 1.97. The number of amides is 1. The minimum Gasteiger partial charge on any atom is -0.352 e. The van der Waals surface area contributed by atoms with Gasteiger partial charge in [-0.25, -0.2) is 4.98 Å². The second-order valence-electron chi connectivity index (χ2n) is 7.21. The van der Waals surface area contributed by atoms with Gasteiger partial charge in [-0.3, -0.25) is 4.79 Å². The molecule has 1 saturated carbocycles. The fraction of sp³-hybridized carbons (Fsp3) is 0.474. The number of nitrogens with zero attached hydrogens (tertiary/aromatic N) is 4. The van der Waals surface area contributed by atoms with E-state index in [4.69, 9.17) is 0 Å². The van der Waals surface area contributed by atoms with E-state index in [0.29, 0.717) is 22.9 Å². The molecule has 4 rings (SSSR count). The number of benzene rings is 1. The zero-order valence-corrected chi connectivity index (χ0v) is 17.8. The first-order valence-electron chi connectivity index (χ1n) is 9.23. The number of aromatic nitrogens is 4. The van der Waals surface area contributed by atoms with Crippen molar-refractivity contribution in [3.63, 3.8) is 0 Å². The number of nitrogens with one attached hydrogen (secondary N) is 1. The van der Waals surface area contributed by atoms with Gasteiger partial charge >= 0.3 is 0 Å². The molecule has 2 atom stereocenters. The maximum Gasteiger partial charge on any atom is 0.230 e. The van der Waals surface area contributed by atoms with Crippen molar-refractivity contribution < 1.29 is 4.79 Å². The number of hydrogen-bond donors (Lipinski definition) is 1. The molecule has 1 amide bonds. The van der Waals surface area contributed by atoms with Gasteiger partial charge in [0.1, 0.15) is 5.52 Å². The maximum absolute atomic E-state index is 12.3. The lowest BCUT2D eigenvalue weighted by Crippen LogP contribution is -2.41. The third-order valence-electron chi connectivity index (χ3n) is 5.33. The molecule has 0 spiro atoms. The number of hydrogen-bond acceptors (Lipinski definition) is 5. The molecule has 142 valence electrons. The molecule has 1 aliphatic carbocycles. The highest BCUT2D eigenvalue weighted by Crippen LogP contribution is 2.29. The van der Waals surface area contributed by atoms with Crippen LogP contribution in [0, 0.1) is 5.92 Å². The van der Waals surface area contributed by atoms with Gasteiger partial charge in [0, 0.05) is 22.9 Å². The lowest BCUT2D eigenvalue weighted by Gasteiger charge is -2.29. The Labute approximate surface area is 170 Å². The van der Waals surface area contributed by atoms with E-state index in [1.165, 1.54) is 31.0 Å². The van der Waals surface area contributed by atoms with Crippen LogP contribution in [0.15, 0.2) is 27.8 Å². The molecule has 27 heavy (non-hydrogen) atoms. The van der Waals surface area contributed by atoms with Gasteiger partial charge in [0.2, 0.25) is 11.1 Å². The van der Waals surface area contributed by atoms with E-state index >= 15 is 0 Å². The maximum atomic E-state index is 12.3. The molecule has 0 unspecified atom stereocenters. The minimum atomic E-state index is 0.0448. The second kappa shape index (κ2) is 7.75. The van der Waals surface area contributed by atoms with Crippen LogP contribution in [-0.4, -0.2) is 37.5 Å². The number of carbonyl (C=O) groups excluding carboxylic acids is 1. The lowest BCUT2D eigenvalue weighted by atomic mass is 9.86. The molecule has 1 aromatic carbocycles. The largest absolute Gasteiger partial charge is 0.352 e. The third kappa shape index (κ3) is 3.82. The Morgan fingerprint density at radius 1 is 1.33 bits per heavy atom. The van der Waals surface area contributed by atoms with E-state index in [-0.39, 0.29) is 5.91 Å². The van der Waals surface area contributed by atoms with Crippen LogP contribution in [0.1, 0.15) is 32.6 Å². The second-order valence-corrected chi connectivity index (χ2v) is 9.07. The van der Waals surface area contributed by atoms with Crippen LogP contribution in [0.4, 0.5) is 0 Å². The molecule has 2 aromatic heterocycles. The molecule has 1 fully saturated rings. The Morgan fingerprint density at radius 2 is 2.15 bits per heavy atom. The summed E-state index contributed by atoms with van der Waals surface area (Å²) in [5.41, 5.74) is 2.61. The quantitative estimate of drug-likeness (QED) is 0.610. The molecule has 0 radical (unpaired) electrons. The average molecular weight is 448 g/mol. The Balaban J connectivity index is 1.48. The zero-order valence-electron chi connectivity index (χ0n) is 15.4.